The van der Waals surface area contributed by atoms with E-state index in [2.05, 4.69) is 20.4 Å². The molecule has 0 aliphatic rings. The fourth-order valence-corrected chi connectivity index (χ4v) is 1.26. The molecule has 7 heteroatoms. The number of aromatic nitrogens is 2. The summed E-state index contributed by atoms with van der Waals surface area (Å²) < 4.78 is 6.37. The van der Waals surface area contributed by atoms with Gasteiger partial charge in [-0.1, -0.05) is 0 Å². The van der Waals surface area contributed by atoms with Crippen molar-refractivity contribution in [3.63, 3.8) is 0 Å². The molecular formula is C9H14N4O2S. The summed E-state index contributed by atoms with van der Waals surface area (Å²) in [6.07, 6.45) is 5.71. The van der Waals surface area contributed by atoms with Gasteiger partial charge in [0, 0.05) is 25.5 Å². The highest BCUT2D eigenvalue weighted by molar-refractivity contribution is 7.80. The van der Waals surface area contributed by atoms with Crippen LogP contribution in [0.1, 0.15) is 6.42 Å². The Hall–Kier alpha value is -1.63. The molecule has 0 fully saturated rings. The summed E-state index contributed by atoms with van der Waals surface area (Å²) >= 11 is 4.87. The minimum Gasteiger partial charge on any atom is -0.453 e. The van der Waals surface area contributed by atoms with Crippen molar-refractivity contribution in [3.8, 4) is 0 Å². The fraction of sp³-hybridized carbons (Fsp3) is 0.444. The number of alkyl carbamates (subject to hydrolysis) is 1. The van der Waals surface area contributed by atoms with Gasteiger partial charge in [-0.15, -0.1) is 0 Å². The number of imidazole rings is 1. The Morgan fingerprint density at radius 1 is 1.62 bits per heavy atom. The quantitative estimate of drug-likeness (QED) is 0.594. The monoisotopic (exact) mass is 242 g/mol. The number of carbonyl (C=O) groups excluding carboxylic acids is 1. The average Bonchev–Trinajstić information content (AvgIpc) is 2.77. The van der Waals surface area contributed by atoms with E-state index >= 15 is 0 Å². The van der Waals surface area contributed by atoms with Gasteiger partial charge in [-0.2, -0.15) is 0 Å². The predicted octanol–water partition coefficient (Wildman–Crippen LogP) is 0.504. The SMILES string of the molecule is COC(=O)NC(=S)NCCCn1ccnc1. The number of methoxy groups -OCH3 is 1. The number of hydrogen-bond donors (Lipinski definition) is 2. The molecule has 0 spiro atoms. The molecule has 2 N–H and O–H groups in total. The molecule has 1 aromatic heterocycles. The molecule has 6 nitrogen and oxygen atoms in total. The predicted molar refractivity (Wildman–Crippen MR) is 63.0 cm³/mol. The van der Waals surface area contributed by atoms with Crippen LogP contribution in [0.4, 0.5) is 4.79 Å². The van der Waals surface area contributed by atoms with Crippen molar-refractivity contribution in [3.05, 3.63) is 18.7 Å². The summed E-state index contributed by atoms with van der Waals surface area (Å²) in [6.45, 7) is 1.54. The molecule has 0 saturated carbocycles. The second-order valence-corrected chi connectivity index (χ2v) is 3.43. The van der Waals surface area contributed by atoms with Gasteiger partial charge in [0.25, 0.3) is 0 Å². The van der Waals surface area contributed by atoms with Crippen LogP contribution in [0.2, 0.25) is 0 Å². The van der Waals surface area contributed by atoms with Crippen molar-refractivity contribution in [2.24, 2.45) is 0 Å². The van der Waals surface area contributed by atoms with E-state index in [9.17, 15) is 4.79 Å². The first kappa shape index (κ1) is 12.4. The summed E-state index contributed by atoms with van der Waals surface area (Å²) in [7, 11) is 1.29. The number of rotatable bonds is 4. The zero-order valence-corrected chi connectivity index (χ0v) is 9.79. The van der Waals surface area contributed by atoms with Gasteiger partial charge < -0.3 is 14.6 Å². The first-order valence-corrected chi connectivity index (χ1v) is 5.21. The highest BCUT2D eigenvalue weighted by Gasteiger charge is 2.01. The van der Waals surface area contributed by atoms with Crippen LogP contribution in [0.15, 0.2) is 18.7 Å². The van der Waals surface area contributed by atoms with E-state index in [1.807, 2.05) is 10.8 Å². The summed E-state index contributed by atoms with van der Waals surface area (Å²) in [5.74, 6) is 0. The third kappa shape index (κ3) is 4.74. The minimum atomic E-state index is -0.563. The van der Waals surface area contributed by atoms with Crippen molar-refractivity contribution >= 4 is 23.4 Å². The number of thiocarbonyl (C=S) groups is 1. The average molecular weight is 242 g/mol. The Kier molecular flexibility index (Phi) is 5.27. The fourth-order valence-electron chi connectivity index (χ4n) is 1.07. The van der Waals surface area contributed by atoms with E-state index in [0.29, 0.717) is 6.54 Å². The van der Waals surface area contributed by atoms with E-state index in [1.165, 1.54) is 7.11 Å². The normalized spacial score (nSPS) is 9.56. The zero-order chi connectivity index (χ0) is 11.8. The van der Waals surface area contributed by atoms with E-state index in [1.54, 1.807) is 12.5 Å². The van der Waals surface area contributed by atoms with E-state index in [0.717, 1.165) is 13.0 Å². The van der Waals surface area contributed by atoms with Gasteiger partial charge in [-0.25, -0.2) is 9.78 Å². The van der Waals surface area contributed by atoms with Crippen molar-refractivity contribution in [2.75, 3.05) is 13.7 Å². The molecule has 0 bridgehead atoms. The van der Waals surface area contributed by atoms with Gasteiger partial charge >= 0.3 is 6.09 Å². The summed E-state index contributed by atoms with van der Waals surface area (Å²) in [4.78, 5) is 14.7. The van der Waals surface area contributed by atoms with E-state index < -0.39 is 6.09 Å². The molecule has 0 aromatic carbocycles. The van der Waals surface area contributed by atoms with Gasteiger partial charge in [0.15, 0.2) is 5.11 Å². The standard InChI is InChI=1S/C9H14N4O2S/c1-15-9(14)12-8(16)11-3-2-5-13-6-4-10-7-13/h4,6-7H,2-3,5H2,1H3,(H2,11,12,14,16). The lowest BCUT2D eigenvalue weighted by atomic mass is 10.4. The lowest BCUT2D eigenvalue weighted by Crippen LogP contribution is -2.39. The number of carbonyl (C=O) groups is 1. The molecule has 0 aliphatic heterocycles. The molecule has 88 valence electrons. The lowest BCUT2D eigenvalue weighted by Gasteiger charge is -2.08. The van der Waals surface area contributed by atoms with Gasteiger partial charge in [-0.3, -0.25) is 5.32 Å². The van der Waals surface area contributed by atoms with Crippen molar-refractivity contribution in [2.45, 2.75) is 13.0 Å². The van der Waals surface area contributed by atoms with Gasteiger partial charge in [-0.05, 0) is 18.6 Å². The third-order valence-electron chi connectivity index (χ3n) is 1.84. The van der Waals surface area contributed by atoms with Crippen LogP contribution in [0.25, 0.3) is 0 Å². The van der Waals surface area contributed by atoms with Crippen LogP contribution >= 0.6 is 12.2 Å². The Balaban J connectivity index is 2.07. The molecule has 0 aliphatic carbocycles. The first-order chi connectivity index (χ1) is 7.72. The second-order valence-electron chi connectivity index (χ2n) is 3.03. The Morgan fingerprint density at radius 2 is 2.44 bits per heavy atom. The largest absolute Gasteiger partial charge is 0.453 e. The number of nitrogens with zero attached hydrogens (tertiary/aromatic N) is 2. The van der Waals surface area contributed by atoms with Crippen LogP contribution in [-0.4, -0.2) is 34.4 Å². The van der Waals surface area contributed by atoms with Crippen molar-refractivity contribution < 1.29 is 9.53 Å². The molecule has 1 amide bonds. The van der Waals surface area contributed by atoms with Crippen LogP contribution in [0.3, 0.4) is 0 Å². The molecule has 0 unspecified atom stereocenters. The summed E-state index contributed by atoms with van der Waals surface area (Å²) in [5.41, 5.74) is 0. The molecule has 0 saturated heterocycles. The van der Waals surface area contributed by atoms with Gasteiger partial charge in [0.1, 0.15) is 0 Å². The van der Waals surface area contributed by atoms with Crippen LogP contribution in [-0.2, 0) is 11.3 Å². The number of amides is 1. The van der Waals surface area contributed by atoms with Crippen LogP contribution < -0.4 is 10.6 Å². The Labute approximate surface area is 99.0 Å². The maximum absolute atomic E-state index is 10.8. The number of hydrogen-bond acceptors (Lipinski definition) is 4. The van der Waals surface area contributed by atoms with Crippen molar-refractivity contribution in [1.82, 2.24) is 20.2 Å². The molecule has 0 atom stereocenters. The molecule has 0 radical (unpaired) electrons. The summed E-state index contributed by atoms with van der Waals surface area (Å²) in [5, 5.41) is 5.53. The van der Waals surface area contributed by atoms with E-state index in [-0.39, 0.29) is 5.11 Å². The van der Waals surface area contributed by atoms with Crippen LogP contribution in [0, 0.1) is 0 Å². The Morgan fingerprint density at radius 3 is 3.06 bits per heavy atom. The molecule has 16 heavy (non-hydrogen) atoms. The second kappa shape index (κ2) is 6.78. The highest BCUT2D eigenvalue weighted by atomic mass is 32.1. The van der Waals surface area contributed by atoms with Crippen molar-refractivity contribution in [1.29, 1.82) is 0 Å². The summed E-state index contributed by atoms with van der Waals surface area (Å²) in [6, 6.07) is 0. The highest BCUT2D eigenvalue weighted by Crippen LogP contribution is 1.88. The van der Waals surface area contributed by atoms with Gasteiger partial charge in [0.05, 0.1) is 13.4 Å². The number of ether oxygens (including phenoxy) is 1. The van der Waals surface area contributed by atoms with Gasteiger partial charge in [0.2, 0.25) is 0 Å². The molecular weight excluding hydrogens is 228 g/mol. The van der Waals surface area contributed by atoms with E-state index in [4.69, 9.17) is 12.2 Å². The maximum atomic E-state index is 10.8. The lowest BCUT2D eigenvalue weighted by molar-refractivity contribution is 0.176. The Bertz CT molecular complexity index is 339. The first-order valence-electron chi connectivity index (χ1n) is 4.81. The molecule has 1 heterocycles. The number of nitrogens with one attached hydrogen (secondary N) is 2. The van der Waals surface area contributed by atoms with Crippen LogP contribution in [0.5, 0.6) is 0 Å². The smallest absolute Gasteiger partial charge is 0.413 e. The minimum absolute atomic E-state index is 0.275. The molecule has 1 aromatic rings. The third-order valence-corrected chi connectivity index (χ3v) is 2.09. The molecule has 1 rings (SSSR count). The maximum Gasteiger partial charge on any atom is 0.413 e. The zero-order valence-electron chi connectivity index (χ0n) is 8.97. The number of aryl methyl sites for hydroxylation is 1. The topological polar surface area (TPSA) is 68.2 Å².